The van der Waals surface area contributed by atoms with Gasteiger partial charge in [-0.3, -0.25) is 0 Å². The highest BCUT2D eigenvalue weighted by molar-refractivity contribution is 7.16. The molecule has 0 saturated heterocycles. The number of aromatic nitrogens is 2. The predicted octanol–water partition coefficient (Wildman–Crippen LogP) is 5.40. The number of benzene rings is 2. The summed E-state index contributed by atoms with van der Waals surface area (Å²) in [6.45, 7) is 2.03. The van der Waals surface area contributed by atoms with Gasteiger partial charge in [-0.15, -0.1) is 22.7 Å². The molecule has 4 aromatic rings. The molecule has 0 atom stereocenters. The Hall–Kier alpha value is -2.04. The third kappa shape index (κ3) is 2.37. The van der Waals surface area contributed by atoms with E-state index in [4.69, 9.17) is 0 Å². The van der Waals surface area contributed by atoms with Crippen LogP contribution in [-0.4, -0.2) is 9.97 Å². The first kappa shape index (κ1) is 12.7. The molecule has 0 amide bonds. The Labute approximate surface area is 130 Å². The van der Waals surface area contributed by atoms with Crippen molar-refractivity contribution >= 4 is 32.9 Å². The van der Waals surface area contributed by atoms with E-state index in [1.54, 1.807) is 22.7 Å². The van der Waals surface area contributed by atoms with Crippen molar-refractivity contribution in [2.45, 2.75) is 6.92 Å². The molecule has 21 heavy (non-hydrogen) atoms. The van der Waals surface area contributed by atoms with E-state index in [-0.39, 0.29) is 0 Å². The minimum atomic E-state index is 1.05. The lowest BCUT2D eigenvalue weighted by Gasteiger charge is -2.03. The van der Waals surface area contributed by atoms with Crippen LogP contribution < -0.4 is 0 Å². The molecule has 2 aromatic carbocycles. The molecular weight excluding hydrogens is 296 g/mol. The van der Waals surface area contributed by atoms with Crippen molar-refractivity contribution in [1.29, 1.82) is 0 Å². The minimum absolute atomic E-state index is 1.05. The Morgan fingerprint density at radius 1 is 0.857 bits per heavy atom. The number of aryl methyl sites for hydroxylation is 1. The Morgan fingerprint density at radius 3 is 2.38 bits per heavy atom. The van der Waals surface area contributed by atoms with Crippen molar-refractivity contribution in [2.75, 3.05) is 0 Å². The van der Waals surface area contributed by atoms with Crippen LogP contribution >= 0.6 is 22.7 Å². The molecule has 4 heteroatoms. The summed E-state index contributed by atoms with van der Waals surface area (Å²) in [7, 11) is 0. The van der Waals surface area contributed by atoms with Crippen LogP contribution in [0.3, 0.4) is 0 Å². The van der Waals surface area contributed by atoms with Crippen molar-refractivity contribution in [2.24, 2.45) is 0 Å². The van der Waals surface area contributed by atoms with E-state index in [2.05, 4.69) is 57.8 Å². The zero-order valence-corrected chi connectivity index (χ0v) is 13.0. The van der Waals surface area contributed by atoms with Crippen LogP contribution in [0.1, 0.15) is 5.01 Å². The molecule has 0 radical (unpaired) electrons. The van der Waals surface area contributed by atoms with Gasteiger partial charge in [0.2, 0.25) is 0 Å². The summed E-state index contributed by atoms with van der Waals surface area (Å²) >= 11 is 3.36. The molecule has 2 aromatic heterocycles. The van der Waals surface area contributed by atoms with Crippen LogP contribution in [-0.2, 0) is 0 Å². The first-order chi connectivity index (χ1) is 10.3. The quantitative estimate of drug-likeness (QED) is 0.496. The molecule has 0 N–H and O–H groups in total. The van der Waals surface area contributed by atoms with Gasteiger partial charge in [-0.2, -0.15) is 0 Å². The van der Waals surface area contributed by atoms with Gasteiger partial charge >= 0.3 is 0 Å². The maximum atomic E-state index is 4.53. The Bertz CT molecular complexity index is 904. The lowest BCUT2D eigenvalue weighted by Crippen LogP contribution is -1.81. The van der Waals surface area contributed by atoms with Gasteiger partial charge in [-0.25, -0.2) is 9.97 Å². The molecule has 0 saturated carbocycles. The SMILES string of the molecule is Cc1nc(-c2ccc(-c3ccc4scnc4c3)cc2)cs1. The topological polar surface area (TPSA) is 25.8 Å². The molecule has 0 aliphatic carbocycles. The normalized spacial score (nSPS) is 11.1. The minimum Gasteiger partial charge on any atom is -0.245 e. The summed E-state index contributed by atoms with van der Waals surface area (Å²) < 4.78 is 1.23. The fourth-order valence-electron chi connectivity index (χ4n) is 2.37. The second kappa shape index (κ2) is 5.06. The van der Waals surface area contributed by atoms with Crippen molar-refractivity contribution in [3.05, 3.63) is 58.4 Å². The van der Waals surface area contributed by atoms with E-state index in [1.165, 1.54) is 15.8 Å². The molecule has 2 heterocycles. The molecule has 0 bridgehead atoms. The molecule has 4 rings (SSSR count). The molecule has 0 fully saturated rings. The van der Waals surface area contributed by atoms with Gasteiger partial charge in [0.25, 0.3) is 0 Å². The number of rotatable bonds is 2. The van der Waals surface area contributed by atoms with Crippen LogP contribution in [0.2, 0.25) is 0 Å². The van der Waals surface area contributed by atoms with E-state index in [9.17, 15) is 0 Å². The number of hydrogen-bond acceptors (Lipinski definition) is 4. The standard InChI is InChI=1S/C17H12N2S2/c1-11-19-16(9-20-11)13-4-2-12(3-5-13)14-6-7-17-15(8-14)18-10-21-17/h2-10H,1H3. The molecular formula is C17H12N2S2. The Kier molecular flexibility index (Phi) is 3.05. The summed E-state index contributed by atoms with van der Waals surface area (Å²) in [4.78, 5) is 8.91. The van der Waals surface area contributed by atoms with Crippen molar-refractivity contribution < 1.29 is 0 Å². The van der Waals surface area contributed by atoms with Gasteiger partial charge in [0, 0.05) is 10.9 Å². The highest BCUT2D eigenvalue weighted by Gasteiger charge is 2.04. The number of fused-ring (bicyclic) bond motifs is 1. The van der Waals surface area contributed by atoms with Crippen LogP contribution in [0.15, 0.2) is 53.4 Å². The van der Waals surface area contributed by atoms with Crippen LogP contribution in [0.4, 0.5) is 0 Å². The zero-order valence-electron chi connectivity index (χ0n) is 11.4. The van der Waals surface area contributed by atoms with E-state index >= 15 is 0 Å². The first-order valence-corrected chi connectivity index (χ1v) is 8.42. The summed E-state index contributed by atoms with van der Waals surface area (Å²) in [5.74, 6) is 0. The third-order valence-corrected chi connectivity index (χ3v) is 5.05. The van der Waals surface area contributed by atoms with Gasteiger partial charge in [0.1, 0.15) is 0 Å². The second-order valence-electron chi connectivity index (χ2n) is 4.86. The van der Waals surface area contributed by atoms with Gasteiger partial charge in [0.15, 0.2) is 0 Å². The highest BCUT2D eigenvalue weighted by Crippen LogP contribution is 2.28. The van der Waals surface area contributed by atoms with Crippen molar-refractivity contribution in [1.82, 2.24) is 9.97 Å². The van der Waals surface area contributed by atoms with E-state index in [1.807, 2.05) is 12.4 Å². The Balaban J connectivity index is 1.72. The number of nitrogens with zero attached hydrogens (tertiary/aromatic N) is 2. The summed E-state index contributed by atoms with van der Waals surface area (Å²) in [5, 5.41) is 3.20. The summed E-state index contributed by atoms with van der Waals surface area (Å²) in [5.41, 5.74) is 7.59. The smallest absolute Gasteiger partial charge is 0.0901 e. The average Bonchev–Trinajstić information content (AvgIpc) is 3.15. The van der Waals surface area contributed by atoms with E-state index in [0.717, 1.165) is 21.8 Å². The number of thiazole rings is 2. The second-order valence-corrected chi connectivity index (χ2v) is 6.81. The van der Waals surface area contributed by atoms with Crippen LogP contribution in [0, 0.1) is 6.92 Å². The monoisotopic (exact) mass is 308 g/mol. The predicted molar refractivity (Wildman–Crippen MR) is 90.9 cm³/mol. The Morgan fingerprint density at radius 2 is 1.62 bits per heavy atom. The van der Waals surface area contributed by atoms with Crippen molar-refractivity contribution in [3.63, 3.8) is 0 Å². The first-order valence-electron chi connectivity index (χ1n) is 6.66. The van der Waals surface area contributed by atoms with Gasteiger partial charge < -0.3 is 0 Å². The molecule has 102 valence electrons. The maximum absolute atomic E-state index is 4.53. The molecule has 2 nitrogen and oxygen atoms in total. The van der Waals surface area contributed by atoms with E-state index in [0.29, 0.717) is 0 Å². The fraction of sp³-hybridized carbons (Fsp3) is 0.0588. The maximum Gasteiger partial charge on any atom is 0.0901 e. The van der Waals surface area contributed by atoms with Gasteiger partial charge in [-0.1, -0.05) is 30.3 Å². The largest absolute Gasteiger partial charge is 0.245 e. The van der Waals surface area contributed by atoms with E-state index < -0.39 is 0 Å². The molecule has 0 aliphatic rings. The number of hydrogen-bond donors (Lipinski definition) is 0. The van der Waals surface area contributed by atoms with Crippen LogP contribution in [0.5, 0.6) is 0 Å². The van der Waals surface area contributed by atoms with Crippen LogP contribution in [0.25, 0.3) is 32.6 Å². The average molecular weight is 308 g/mol. The lowest BCUT2D eigenvalue weighted by atomic mass is 10.0. The fourth-order valence-corrected chi connectivity index (χ4v) is 3.65. The van der Waals surface area contributed by atoms with Gasteiger partial charge in [-0.05, 0) is 30.2 Å². The molecule has 0 unspecified atom stereocenters. The molecule has 0 aliphatic heterocycles. The highest BCUT2D eigenvalue weighted by atomic mass is 32.1. The van der Waals surface area contributed by atoms with Gasteiger partial charge in [0.05, 0.1) is 26.4 Å². The third-order valence-electron chi connectivity index (χ3n) is 3.46. The molecule has 0 spiro atoms. The lowest BCUT2D eigenvalue weighted by molar-refractivity contribution is 1.30. The zero-order chi connectivity index (χ0) is 14.2. The summed E-state index contributed by atoms with van der Waals surface area (Å²) in [6, 6.07) is 15.0. The van der Waals surface area contributed by atoms with Crippen molar-refractivity contribution in [3.8, 4) is 22.4 Å². The summed E-state index contributed by atoms with van der Waals surface area (Å²) in [6.07, 6.45) is 0.